The minimum Gasteiger partial charge on any atom is -0.444 e. The van der Waals surface area contributed by atoms with Crippen LogP contribution in [0.25, 0.3) is 10.8 Å². The number of alkyl carbamates (subject to hydrolysis) is 1. The molecule has 7 heteroatoms. The van der Waals surface area contributed by atoms with E-state index in [0.717, 1.165) is 21.9 Å². The van der Waals surface area contributed by atoms with E-state index in [1.807, 2.05) is 88.4 Å². The van der Waals surface area contributed by atoms with Crippen LogP contribution >= 0.6 is 0 Å². The summed E-state index contributed by atoms with van der Waals surface area (Å²) in [6, 6.07) is 17.5. The smallest absolute Gasteiger partial charge is 0.408 e. The summed E-state index contributed by atoms with van der Waals surface area (Å²) in [5.74, 6) is -0.959. The molecule has 3 aromatic rings. The number of nitrogens with one attached hydrogen (secondary N) is 2. The summed E-state index contributed by atoms with van der Waals surface area (Å²) in [6.45, 7) is 17.1. The van der Waals surface area contributed by atoms with Crippen LogP contribution in [0.5, 0.6) is 0 Å². The summed E-state index contributed by atoms with van der Waals surface area (Å²) < 4.78 is 5.47. The topological polar surface area (TPSA) is 87.7 Å². The molecule has 3 atom stereocenters. The van der Waals surface area contributed by atoms with Crippen LogP contribution in [0.3, 0.4) is 0 Å². The van der Waals surface area contributed by atoms with E-state index in [4.69, 9.17) is 4.74 Å². The predicted octanol–water partition coefficient (Wildman–Crippen LogP) is 7.09. The first-order valence-corrected chi connectivity index (χ1v) is 14.1. The molecule has 0 spiro atoms. The average Bonchev–Trinajstić information content (AvgIpc) is 2.91. The molecule has 3 amide bonds. The van der Waals surface area contributed by atoms with Crippen LogP contribution in [0, 0.1) is 19.8 Å². The number of aryl methyl sites for hydroxylation is 1. The molecule has 7 nitrogen and oxygen atoms in total. The molecule has 0 aliphatic rings. The number of rotatable bonds is 10. The number of hydrogen-bond donors (Lipinski definition) is 2. The molecule has 0 bridgehead atoms. The minimum absolute atomic E-state index is 0.102. The van der Waals surface area contributed by atoms with E-state index in [1.54, 1.807) is 26.8 Å². The Kier molecular flexibility index (Phi) is 10.3. The molecule has 0 fully saturated rings. The maximum Gasteiger partial charge on any atom is 0.408 e. The Labute approximate surface area is 244 Å². The Balaban J connectivity index is 2.07. The van der Waals surface area contributed by atoms with E-state index in [2.05, 4.69) is 17.2 Å². The lowest BCUT2D eigenvalue weighted by molar-refractivity contribution is -0.141. The number of carbonyl (C=O) groups is 3. The van der Waals surface area contributed by atoms with Crippen molar-refractivity contribution in [1.29, 1.82) is 0 Å². The van der Waals surface area contributed by atoms with Gasteiger partial charge in [-0.15, -0.1) is 6.58 Å². The number of nitrogens with zero attached hydrogens (tertiary/aromatic N) is 1. The van der Waals surface area contributed by atoms with Crippen LogP contribution in [-0.2, 0) is 14.3 Å². The lowest BCUT2D eigenvalue weighted by Crippen LogP contribution is -2.54. The summed E-state index contributed by atoms with van der Waals surface area (Å²) in [6.07, 6.45) is 1.55. The summed E-state index contributed by atoms with van der Waals surface area (Å²) >= 11 is 0. The van der Waals surface area contributed by atoms with Gasteiger partial charge in [0.25, 0.3) is 5.91 Å². The molecule has 3 aromatic carbocycles. The Bertz CT molecular complexity index is 1410. The van der Waals surface area contributed by atoms with Crippen LogP contribution in [0.1, 0.15) is 63.8 Å². The Morgan fingerprint density at radius 2 is 1.68 bits per heavy atom. The second-order valence-electron chi connectivity index (χ2n) is 11.5. The van der Waals surface area contributed by atoms with Gasteiger partial charge in [-0.1, -0.05) is 74.9 Å². The van der Waals surface area contributed by atoms with E-state index in [-0.39, 0.29) is 24.3 Å². The molecule has 2 N–H and O–H groups in total. The second kappa shape index (κ2) is 13.5. The van der Waals surface area contributed by atoms with Crippen molar-refractivity contribution in [2.45, 2.75) is 72.6 Å². The average molecular weight is 558 g/mol. The van der Waals surface area contributed by atoms with Crippen LogP contribution in [0.4, 0.5) is 10.5 Å². The van der Waals surface area contributed by atoms with Crippen LogP contribution in [-0.4, -0.2) is 41.0 Å². The number of amides is 3. The lowest BCUT2D eigenvalue weighted by atomic mass is 9.93. The molecule has 0 aliphatic carbocycles. The van der Waals surface area contributed by atoms with Gasteiger partial charge in [0.15, 0.2) is 0 Å². The van der Waals surface area contributed by atoms with E-state index in [0.29, 0.717) is 17.7 Å². The Hall–Kier alpha value is -4.13. The van der Waals surface area contributed by atoms with Gasteiger partial charge in [-0.25, -0.2) is 4.79 Å². The maximum absolute atomic E-state index is 14.3. The van der Waals surface area contributed by atoms with Crippen molar-refractivity contribution < 1.29 is 19.1 Å². The Morgan fingerprint density at radius 3 is 2.32 bits per heavy atom. The Morgan fingerprint density at radius 1 is 1.00 bits per heavy atom. The number of hydrogen-bond acceptors (Lipinski definition) is 4. The van der Waals surface area contributed by atoms with Gasteiger partial charge < -0.3 is 20.3 Å². The first-order chi connectivity index (χ1) is 19.4. The van der Waals surface area contributed by atoms with Gasteiger partial charge in [0.1, 0.15) is 17.7 Å². The zero-order valence-electron chi connectivity index (χ0n) is 25.3. The summed E-state index contributed by atoms with van der Waals surface area (Å²) in [5.41, 5.74) is 2.52. The zero-order chi connectivity index (χ0) is 30.3. The number of anilines is 1. The normalized spacial score (nSPS) is 13.5. The molecular formula is C34H43N3O4. The fourth-order valence-electron chi connectivity index (χ4n) is 4.76. The highest BCUT2D eigenvalue weighted by Gasteiger charge is 2.38. The minimum atomic E-state index is -0.973. The van der Waals surface area contributed by atoms with Crippen LogP contribution in [0.2, 0.25) is 0 Å². The first kappa shape index (κ1) is 31.4. The third-order valence-electron chi connectivity index (χ3n) is 7.28. The monoisotopic (exact) mass is 557 g/mol. The van der Waals surface area contributed by atoms with E-state index >= 15 is 0 Å². The lowest BCUT2D eigenvalue weighted by Gasteiger charge is -2.36. The van der Waals surface area contributed by atoms with Gasteiger partial charge in [0, 0.05) is 12.2 Å². The molecule has 41 heavy (non-hydrogen) atoms. The van der Waals surface area contributed by atoms with Crippen molar-refractivity contribution in [3.63, 3.8) is 0 Å². The molecule has 3 unspecified atom stereocenters. The van der Waals surface area contributed by atoms with Gasteiger partial charge in [-0.05, 0) is 80.1 Å². The van der Waals surface area contributed by atoms with E-state index in [9.17, 15) is 14.4 Å². The molecule has 3 rings (SSSR count). The second-order valence-corrected chi connectivity index (χ2v) is 11.5. The first-order valence-electron chi connectivity index (χ1n) is 14.1. The van der Waals surface area contributed by atoms with E-state index < -0.39 is 23.8 Å². The molecule has 0 radical (unpaired) electrons. The molecule has 0 heterocycles. The van der Waals surface area contributed by atoms with E-state index in [1.165, 1.54) is 4.90 Å². The molecule has 0 saturated carbocycles. The fraction of sp³-hybridized carbons (Fsp3) is 0.382. The van der Waals surface area contributed by atoms with Gasteiger partial charge in [-0.3, -0.25) is 9.59 Å². The van der Waals surface area contributed by atoms with Crippen molar-refractivity contribution in [2.24, 2.45) is 5.92 Å². The summed E-state index contributed by atoms with van der Waals surface area (Å²) in [7, 11) is 0. The van der Waals surface area contributed by atoms with Crippen molar-refractivity contribution in [3.05, 3.63) is 90.0 Å². The van der Waals surface area contributed by atoms with Gasteiger partial charge in [-0.2, -0.15) is 0 Å². The summed E-state index contributed by atoms with van der Waals surface area (Å²) in [4.78, 5) is 42.8. The maximum atomic E-state index is 14.3. The predicted molar refractivity (Wildman–Crippen MR) is 166 cm³/mol. The third-order valence-corrected chi connectivity index (χ3v) is 7.28. The molecule has 0 saturated heterocycles. The van der Waals surface area contributed by atoms with Crippen molar-refractivity contribution in [3.8, 4) is 0 Å². The fourth-order valence-corrected chi connectivity index (χ4v) is 4.76. The van der Waals surface area contributed by atoms with Crippen LogP contribution < -0.4 is 10.6 Å². The highest BCUT2D eigenvalue weighted by Crippen LogP contribution is 2.30. The highest BCUT2D eigenvalue weighted by molar-refractivity contribution is 6.00. The number of fused-ring (bicyclic) bond motifs is 1. The van der Waals surface area contributed by atoms with Gasteiger partial charge >= 0.3 is 6.09 Å². The molecule has 218 valence electrons. The van der Waals surface area contributed by atoms with Gasteiger partial charge in [0.2, 0.25) is 5.91 Å². The number of ether oxygens (including phenoxy) is 1. The molecule has 0 aliphatic heterocycles. The van der Waals surface area contributed by atoms with Gasteiger partial charge in [0.05, 0.1) is 0 Å². The quantitative estimate of drug-likeness (QED) is 0.261. The van der Waals surface area contributed by atoms with Crippen molar-refractivity contribution >= 4 is 34.4 Å². The number of benzene rings is 3. The number of carbonyl (C=O) groups excluding carboxylic acids is 3. The summed E-state index contributed by atoms with van der Waals surface area (Å²) in [5, 5.41) is 7.89. The molecular weight excluding hydrogens is 514 g/mol. The van der Waals surface area contributed by atoms with Crippen molar-refractivity contribution in [1.82, 2.24) is 10.2 Å². The standard InChI is InChI=1S/C34H43N3O4/c1-9-20-37(32(39)29(22(3)10-2)36-33(40)41-34(6,7)8)30(28-17-13-14-23(4)24(28)5)31(38)35-27-19-18-25-15-11-12-16-26(25)21-27/h9,11-19,21-22,29-30H,1,10,20H2,2-8H3,(H,35,38)(H,36,40). The van der Waals surface area contributed by atoms with Crippen molar-refractivity contribution in [2.75, 3.05) is 11.9 Å². The third kappa shape index (κ3) is 7.97. The molecule has 0 aromatic heterocycles. The zero-order valence-corrected chi connectivity index (χ0v) is 25.3. The largest absolute Gasteiger partial charge is 0.444 e. The van der Waals surface area contributed by atoms with Crippen LogP contribution in [0.15, 0.2) is 73.3 Å². The SMILES string of the molecule is C=CCN(C(=O)C(NC(=O)OC(C)(C)C)C(C)CC)C(C(=O)Nc1ccc2ccccc2c1)c1cccc(C)c1C. The highest BCUT2D eigenvalue weighted by atomic mass is 16.6.